The normalized spacial score (nSPS) is 23.4. The second kappa shape index (κ2) is 13.0. The van der Waals surface area contributed by atoms with Crippen LogP contribution in [0.15, 0.2) is 21.9 Å². The summed E-state index contributed by atoms with van der Waals surface area (Å²) < 4.78 is 22.7. The number of hydrogen-bond donors (Lipinski definition) is 1. The summed E-state index contributed by atoms with van der Waals surface area (Å²) in [7, 11) is -4.71. The van der Waals surface area contributed by atoms with E-state index in [1.807, 2.05) is 0 Å². The number of unbranched alkanes of at least 4 members (excludes halogenated alkanes) is 4. The van der Waals surface area contributed by atoms with Crippen molar-refractivity contribution in [2.45, 2.75) is 141 Å². The molecule has 0 spiro atoms. The molecule has 1 fully saturated rings. The van der Waals surface area contributed by atoms with E-state index in [0.717, 1.165) is 30.4 Å². The fraction of sp³-hybridized carbons (Fsp3) is 0.821. The minimum absolute atomic E-state index is 0.0685. The Bertz CT molecular complexity index is 1080. The van der Waals surface area contributed by atoms with Crippen LogP contribution >= 0.6 is 0 Å². The van der Waals surface area contributed by atoms with E-state index in [2.05, 4.69) is 79.6 Å². The van der Waals surface area contributed by atoms with Crippen molar-refractivity contribution in [1.29, 1.82) is 0 Å². The van der Waals surface area contributed by atoms with Crippen molar-refractivity contribution in [2.24, 2.45) is 0 Å². The molecule has 39 heavy (non-hydrogen) atoms. The van der Waals surface area contributed by atoms with Crippen LogP contribution in [0.5, 0.6) is 0 Å². The van der Waals surface area contributed by atoms with Crippen LogP contribution in [0, 0.1) is 5.21 Å². The van der Waals surface area contributed by atoms with Gasteiger partial charge in [-0.25, -0.2) is 9.53 Å². The third-order valence-corrected chi connectivity index (χ3v) is 17.6. The fourth-order valence-corrected chi connectivity index (χ4v) is 6.67. The van der Waals surface area contributed by atoms with Crippen LogP contribution in [0.2, 0.25) is 36.3 Å². The first-order chi connectivity index (χ1) is 17.8. The maximum Gasteiger partial charge on any atom is 0.330 e. The third kappa shape index (κ3) is 8.72. The summed E-state index contributed by atoms with van der Waals surface area (Å²) in [6.07, 6.45) is 5.53. The summed E-state index contributed by atoms with van der Waals surface area (Å²) in [6, 6.07) is 1.30. The van der Waals surface area contributed by atoms with Crippen molar-refractivity contribution in [3.8, 4) is 0 Å². The van der Waals surface area contributed by atoms with Crippen LogP contribution < -0.4 is 11.2 Å². The van der Waals surface area contributed by atoms with Gasteiger partial charge in [0.05, 0.1) is 0 Å². The van der Waals surface area contributed by atoms with Gasteiger partial charge in [0.1, 0.15) is 18.3 Å². The molecule has 0 aromatic carbocycles. The molecule has 4 unspecified atom stereocenters. The van der Waals surface area contributed by atoms with E-state index >= 15 is 0 Å². The van der Waals surface area contributed by atoms with Crippen molar-refractivity contribution in [1.82, 2.24) is 9.55 Å². The van der Waals surface area contributed by atoms with Crippen LogP contribution in [0.1, 0.15) is 86.8 Å². The number of nitrogens with zero attached hydrogens (tertiary/aromatic N) is 2. The van der Waals surface area contributed by atoms with Gasteiger partial charge in [0.15, 0.2) is 35.6 Å². The Hall–Kier alpha value is -1.54. The summed E-state index contributed by atoms with van der Waals surface area (Å²) in [4.78, 5) is 27.1. The third-order valence-electron chi connectivity index (χ3n) is 8.63. The molecule has 0 aliphatic carbocycles. The van der Waals surface area contributed by atoms with Crippen LogP contribution in [0.3, 0.4) is 0 Å². The molecule has 1 aliphatic heterocycles. The minimum Gasteiger partial charge on any atom is -0.624 e. The number of rotatable bonds is 12. The molecule has 2 heterocycles. The zero-order chi connectivity index (χ0) is 29.8. The molecule has 0 radical (unpaired) electrons. The molecule has 9 nitrogen and oxygen atoms in total. The van der Waals surface area contributed by atoms with Crippen LogP contribution in [0.4, 0.5) is 0 Å². The Balaban J connectivity index is 2.56. The number of aromatic nitrogens is 2. The van der Waals surface area contributed by atoms with Crippen molar-refractivity contribution < 1.29 is 18.3 Å². The molecule has 4 atom stereocenters. The average Bonchev–Trinajstić information content (AvgIpc) is 3.07. The molecule has 0 bridgehead atoms. The van der Waals surface area contributed by atoms with Gasteiger partial charge in [-0.05, 0) is 42.7 Å². The highest BCUT2D eigenvalue weighted by atomic mass is 28.4. The largest absolute Gasteiger partial charge is 0.624 e. The lowest BCUT2D eigenvalue weighted by atomic mass is 10.1. The SMILES string of the molecule is CCCCCC/C=[N+](\[O-])CC1OC(n2ccc(=O)[nH]c2=O)C(O[Si](C)(C)C(C)(C)C)C1O[Si](C)(C)C(C)(C)C. The summed E-state index contributed by atoms with van der Waals surface area (Å²) in [5, 5.41) is 12.8. The molecule has 224 valence electrons. The Kier molecular flexibility index (Phi) is 11.2. The molecule has 1 aliphatic rings. The molecule has 0 saturated carbocycles. The number of nitrogens with one attached hydrogen (secondary N) is 1. The summed E-state index contributed by atoms with van der Waals surface area (Å²) in [5.41, 5.74) is -1.06. The predicted molar refractivity (Wildman–Crippen MR) is 163 cm³/mol. The maximum atomic E-state index is 13.0. The number of ether oxygens (including phenoxy) is 1. The molecule has 11 heteroatoms. The van der Waals surface area contributed by atoms with Crippen molar-refractivity contribution in [3.05, 3.63) is 38.3 Å². The lowest BCUT2D eigenvalue weighted by molar-refractivity contribution is -0.468. The Morgan fingerprint density at radius 3 is 2.08 bits per heavy atom. The second-order valence-electron chi connectivity index (χ2n) is 13.9. The van der Waals surface area contributed by atoms with Gasteiger partial charge in [-0.3, -0.25) is 14.3 Å². The molecule has 1 aromatic rings. The van der Waals surface area contributed by atoms with Gasteiger partial charge in [0.2, 0.25) is 0 Å². The molecule has 0 amide bonds. The van der Waals surface area contributed by atoms with Gasteiger partial charge in [-0.15, -0.1) is 0 Å². The molecular formula is C28H53N3O6Si2. The quantitative estimate of drug-likeness (QED) is 0.0836. The Morgan fingerprint density at radius 1 is 1.00 bits per heavy atom. The van der Waals surface area contributed by atoms with Gasteiger partial charge in [0.25, 0.3) is 5.56 Å². The lowest BCUT2D eigenvalue weighted by Crippen LogP contribution is -2.54. The molecular weight excluding hydrogens is 530 g/mol. The number of H-pyrrole nitrogens is 1. The van der Waals surface area contributed by atoms with Gasteiger partial charge in [-0.1, -0.05) is 67.7 Å². The summed E-state index contributed by atoms with van der Waals surface area (Å²) in [5.74, 6) is 0. The smallest absolute Gasteiger partial charge is 0.330 e. The first-order valence-electron chi connectivity index (χ1n) is 14.4. The molecule has 1 saturated heterocycles. The standard InChI is InChI=1S/C28H53N3O6Si2/c1-12-13-14-15-16-18-30(34)20-21-23(36-38(8,9)27(2,3)4)24(37-39(10,11)28(5,6)7)25(35-21)31-19-17-22(32)29-26(31)33/h17-19,21,23-25H,12-16,20H2,1-11H3,(H,29,32,33)/b30-18-. The van der Waals surface area contributed by atoms with E-state index in [1.54, 1.807) is 6.21 Å². The van der Waals surface area contributed by atoms with E-state index in [-0.39, 0.29) is 16.6 Å². The predicted octanol–water partition coefficient (Wildman–Crippen LogP) is 5.77. The monoisotopic (exact) mass is 583 g/mol. The maximum absolute atomic E-state index is 13.0. The van der Waals surface area contributed by atoms with E-state index < -0.39 is 52.4 Å². The van der Waals surface area contributed by atoms with E-state index in [1.165, 1.54) is 16.8 Å². The molecule has 1 N–H and O–H groups in total. The van der Waals surface area contributed by atoms with Crippen molar-refractivity contribution >= 4 is 22.8 Å². The van der Waals surface area contributed by atoms with E-state index in [0.29, 0.717) is 6.42 Å². The number of aromatic amines is 1. The van der Waals surface area contributed by atoms with Crippen LogP contribution in [-0.4, -0.2) is 62.0 Å². The highest BCUT2D eigenvalue weighted by Crippen LogP contribution is 2.45. The van der Waals surface area contributed by atoms with Gasteiger partial charge in [0, 0.05) is 18.7 Å². The highest BCUT2D eigenvalue weighted by molar-refractivity contribution is 6.74. The zero-order valence-electron chi connectivity index (χ0n) is 26.1. The second-order valence-corrected chi connectivity index (χ2v) is 23.4. The van der Waals surface area contributed by atoms with Crippen molar-refractivity contribution in [3.63, 3.8) is 0 Å². The molecule has 1 aromatic heterocycles. The Morgan fingerprint density at radius 2 is 1.56 bits per heavy atom. The fourth-order valence-electron chi connectivity index (χ4n) is 4.07. The first kappa shape index (κ1) is 33.7. The first-order valence-corrected chi connectivity index (χ1v) is 20.2. The number of hydroxylamine groups is 1. The Labute approximate surface area is 236 Å². The van der Waals surface area contributed by atoms with Gasteiger partial charge >= 0.3 is 5.69 Å². The van der Waals surface area contributed by atoms with Crippen LogP contribution in [-0.2, 0) is 13.6 Å². The zero-order valence-corrected chi connectivity index (χ0v) is 28.1. The minimum atomic E-state index is -2.37. The average molecular weight is 584 g/mol. The van der Waals surface area contributed by atoms with Gasteiger partial charge < -0.3 is 18.8 Å². The van der Waals surface area contributed by atoms with E-state index in [4.69, 9.17) is 13.6 Å². The summed E-state index contributed by atoms with van der Waals surface area (Å²) in [6.45, 7) is 23.9. The van der Waals surface area contributed by atoms with E-state index in [9.17, 15) is 14.8 Å². The number of hydrogen-bond acceptors (Lipinski definition) is 6. The lowest BCUT2D eigenvalue weighted by Gasteiger charge is -2.44. The van der Waals surface area contributed by atoms with Crippen LogP contribution in [0.25, 0.3) is 0 Å². The topological polar surface area (TPSA) is 109 Å². The van der Waals surface area contributed by atoms with Gasteiger partial charge in [-0.2, -0.15) is 0 Å². The summed E-state index contributed by atoms with van der Waals surface area (Å²) >= 11 is 0. The molecule has 2 rings (SSSR count). The highest BCUT2D eigenvalue weighted by Gasteiger charge is 2.55. The van der Waals surface area contributed by atoms with Crippen molar-refractivity contribution in [2.75, 3.05) is 6.54 Å².